The topological polar surface area (TPSA) is 79.5 Å². The highest BCUT2D eigenvalue weighted by atomic mass is 16.5. The molecule has 0 saturated heterocycles. The van der Waals surface area contributed by atoms with Crippen molar-refractivity contribution in [3.8, 4) is 0 Å². The van der Waals surface area contributed by atoms with Crippen molar-refractivity contribution in [3.63, 3.8) is 0 Å². The van der Waals surface area contributed by atoms with E-state index in [1.165, 1.54) is 17.5 Å². The van der Waals surface area contributed by atoms with E-state index < -0.39 is 5.91 Å². The highest BCUT2D eigenvalue weighted by Crippen LogP contribution is 2.32. The predicted octanol–water partition coefficient (Wildman–Crippen LogP) is 2.78. The maximum Gasteiger partial charge on any atom is 0.243 e. The number of carbonyl (C=O) groups is 2. The number of hydrogen-bond donors (Lipinski definition) is 2. The zero-order valence-corrected chi connectivity index (χ0v) is 11.6. The molecule has 5 nitrogen and oxygen atoms in total. The molecule has 0 aliphatic heterocycles. The smallest absolute Gasteiger partial charge is 0.243 e. The molecule has 0 atom stereocenters. The van der Waals surface area contributed by atoms with Crippen LogP contribution in [0.1, 0.15) is 47.4 Å². The summed E-state index contributed by atoms with van der Waals surface area (Å²) >= 11 is 0. The molecular weight excluding hydrogens is 270 g/mol. The summed E-state index contributed by atoms with van der Waals surface area (Å²) in [5.41, 5.74) is 4.09. The molecule has 0 saturated carbocycles. The van der Waals surface area contributed by atoms with Crippen molar-refractivity contribution in [1.29, 1.82) is 0 Å². The molecule has 1 aromatic heterocycles. The molecule has 21 heavy (non-hydrogen) atoms. The number of nitrogens with one attached hydrogen (secondary N) is 1. The maximum absolute atomic E-state index is 12.0. The van der Waals surface area contributed by atoms with Crippen LogP contribution in [0, 0.1) is 0 Å². The first-order valence-electron chi connectivity index (χ1n) is 7.19. The van der Waals surface area contributed by atoms with Crippen LogP contribution in [-0.2, 0) is 17.6 Å². The van der Waals surface area contributed by atoms with Crippen molar-refractivity contribution in [2.24, 2.45) is 0 Å². The third kappa shape index (κ3) is 2.69. The Balaban J connectivity index is 1.84. The molecule has 5 heteroatoms. The van der Waals surface area contributed by atoms with Gasteiger partial charge in [0.15, 0.2) is 5.78 Å². The Kier molecular flexibility index (Phi) is 3.75. The van der Waals surface area contributed by atoms with Crippen molar-refractivity contribution >= 4 is 22.7 Å². The number of hydrogen-bond acceptors (Lipinski definition) is 4. The monoisotopic (exact) mass is 287 g/mol. The number of Topliss-reactive ketones (excluding diaryl/α,β-unsaturated/α-hetero) is 1. The van der Waals surface area contributed by atoms with Gasteiger partial charge in [0.05, 0.1) is 0 Å². The van der Waals surface area contributed by atoms with Crippen LogP contribution in [0.2, 0.25) is 0 Å². The summed E-state index contributed by atoms with van der Waals surface area (Å²) in [5.74, 6) is 0.355. The lowest BCUT2D eigenvalue weighted by atomic mass is 9.95. The Morgan fingerprint density at radius 3 is 2.81 bits per heavy atom. The van der Waals surface area contributed by atoms with Gasteiger partial charge in [-0.05, 0) is 25.3 Å². The molecule has 0 bridgehead atoms. The average Bonchev–Trinajstić information content (AvgIpc) is 2.89. The van der Waals surface area contributed by atoms with Crippen LogP contribution in [-0.4, -0.2) is 16.9 Å². The molecule has 0 unspecified atom stereocenters. The molecule has 0 radical (unpaired) electrons. The van der Waals surface area contributed by atoms with E-state index in [9.17, 15) is 9.59 Å². The van der Waals surface area contributed by atoms with Gasteiger partial charge in [0.2, 0.25) is 5.91 Å². The second kappa shape index (κ2) is 5.69. The van der Waals surface area contributed by atoms with Crippen molar-refractivity contribution in [2.45, 2.75) is 38.5 Å². The number of carbonyl (C=O) groups excluding carboxylic acids is 2. The summed E-state index contributed by atoms with van der Waals surface area (Å²) in [6, 6.07) is 5.47. The Morgan fingerprint density at radius 1 is 1.19 bits per heavy atom. The second-order valence-corrected chi connectivity index (χ2v) is 5.38. The average molecular weight is 287 g/mol. The maximum atomic E-state index is 12.0. The lowest BCUT2D eigenvalue weighted by molar-refractivity contribution is -0.129. The number of ketones is 1. The Morgan fingerprint density at radius 2 is 2.00 bits per heavy atom. The van der Waals surface area contributed by atoms with E-state index in [4.69, 9.17) is 9.62 Å². The summed E-state index contributed by atoms with van der Waals surface area (Å²) in [7, 11) is 0. The number of aryl methyl sites for hydroxylation is 2. The summed E-state index contributed by atoms with van der Waals surface area (Å²) < 4.78 is 5.86. The Hall–Kier alpha value is -2.14. The number of rotatable bonds is 4. The van der Waals surface area contributed by atoms with E-state index in [0.29, 0.717) is 5.56 Å². The number of fused-ring (bicyclic) bond motifs is 3. The number of hydroxylamine groups is 1. The van der Waals surface area contributed by atoms with Gasteiger partial charge in [0.25, 0.3) is 0 Å². The molecule has 2 aromatic rings. The van der Waals surface area contributed by atoms with Crippen LogP contribution in [0.4, 0.5) is 0 Å². The van der Waals surface area contributed by atoms with E-state index in [2.05, 4.69) is 0 Å². The lowest BCUT2D eigenvalue weighted by Crippen LogP contribution is -2.19. The normalized spacial score (nSPS) is 14.0. The van der Waals surface area contributed by atoms with Crippen molar-refractivity contribution in [2.75, 3.05) is 0 Å². The molecule has 3 rings (SSSR count). The van der Waals surface area contributed by atoms with E-state index in [1.54, 1.807) is 12.1 Å². The summed E-state index contributed by atoms with van der Waals surface area (Å²) in [5, 5.41) is 9.52. The highest BCUT2D eigenvalue weighted by molar-refractivity contribution is 6.00. The van der Waals surface area contributed by atoms with Gasteiger partial charge in [0.1, 0.15) is 11.3 Å². The van der Waals surface area contributed by atoms with Gasteiger partial charge in [-0.15, -0.1) is 0 Å². The largest absolute Gasteiger partial charge is 0.461 e. The second-order valence-electron chi connectivity index (χ2n) is 5.38. The Labute approximate surface area is 121 Å². The van der Waals surface area contributed by atoms with Crippen LogP contribution >= 0.6 is 0 Å². The van der Waals surface area contributed by atoms with E-state index in [1.807, 2.05) is 6.07 Å². The third-order valence-electron chi connectivity index (χ3n) is 3.98. The van der Waals surface area contributed by atoms with E-state index >= 15 is 0 Å². The fraction of sp³-hybridized carbons (Fsp3) is 0.375. The minimum Gasteiger partial charge on any atom is -0.461 e. The molecule has 1 aliphatic carbocycles. The highest BCUT2D eigenvalue weighted by Gasteiger charge is 2.18. The van der Waals surface area contributed by atoms with Crippen molar-refractivity contribution in [3.05, 3.63) is 35.1 Å². The van der Waals surface area contributed by atoms with E-state index in [0.717, 1.165) is 36.0 Å². The van der Waals surface area contributed by atoms with Crippen molar-refractivity contribution in [1.82, 2.24) is 5.48 Å². The number of furan rings is 1. The zero-order chi connectivity index (χ0) is 14.8. The quantitative estimate of drug-likeness (QED) is 0.515. The van der Waals surface area contributed by atoms with Gasteiger partial charge in [-0.3, -0.25) is 14.8 Å². The molecular formula is C16H17NO4. The van der Waals surface area contributed by atoms with Gasteiger partial charge in [-0.25, -0.2) is 5.48 Å². The summed E-state index contributed by atoms with van der Waals surface area (Å²) in [4.78, 5) is 23.0. The third-order valence-corrected chi connectivity index (χ3v) is 3.98. The van der Waals surface area contributed by atoms with E-state index in [-0.39, 0.29) is 18.6 Å². The number of amides is 1. The molecule has 1 aromatic carbocycles. The minimum atomic E-state index is -0.558. The van der Waals surface area contributed by atoms with Crippen LogP contribution in [0.15, 0.2) is 22.6 Å². The van der Waals surface area contributed by atoms with Crippen LogP contribution in [0.5, 0.6) is 0 Å². The predicted molar refractivity (Wildman–Crippen MR) is 76.3 cm³/mol. The standard InChI is InChI=1S/C16H17NO4/c18-13(7-8-16(19)17-20)10-5-6-12-11-3-1-2-4-14(11)21-15(12)9-10/h5-6,9,20H,1-4,7-8H2,(H,17,19). The summed E-state index contributed by atoms with van der Waals surface area (Å²) in [6.45, 7) is 0. The van der Waals surface area contributed by atoms with Gasteiger partial charge in [-0.1, -0.05) is 12.1 Å². The SMILES string of the molecule is O=C(CCC(=O)c1ccc2c3c(oc2c1)CCCC3)NO. The van der Waals surface area contributed by atoms with Gasteiger partial charge >= 0.3 is 0 Å². The van der Waals surface area contributed by atoms with Crippen LogP contribution in [0.25, 0.3) is 11.0 Å². The van der Waals surface area contributed by atoms with Gasteiger partial charge in [-0.2, -0.15) is 0 Å². The lowest BCUT2D eigenvalue weighted by Gasteiger charge is -2.08. The molecule has 110 valence electrons. The zero-order valence-electron chi connectivity index (χ0n) is 11.6. The first kappa shape index (κ1) is 13.8. The van der Waals surface area contributed by atoms with Crippen molar-refractivity contribution < 1.29 is 19.2 Å². The molecule has 1 amide bonds. The van der Waals surface area contributed by atoms with Gasteiger partial charge in [0, 0.05) is 35.8 Å². The fourth-order valence-electron chi connectivity index (χ4n) is 2.86. The van der Waals surface area contributed by atoms with Gasteiger partial charge < -0.3 is 4.42 Å². The molecule has 0 spiro atoms. The van der Waals surface area contributed by atoms with Crippen LogP contribution < -0.4 is 5.48 Å². The molecule has 2 N–H and O–H groups in total. The first-order chi connectivity index (χ1) is 10.2. The first-order valence-corrected chi connectivity index (χ1v) is 7.19. The fourth-order valence-corrected chi connectivity index (χ4v) is 2.86. The number of benzene rings is 1. The van der Waals surface area contributed by atoms with Crippen LogP contribution in [0.3, 0.4) is 0 Å². The molecule has 0 fully saturated rings. The molecule has 1 heterocycles. The minimum absolute atomic E-state index is 0.0258. The Bertz CT molecular complexity index is 702. The summed E-state index contributed by atoms with van der Waals surface area (Å²) in [6.07, 6.45) is 4.37. The molecule has 1 aliphatic rings.